The van der Waals surface area contributed by atoms with Crippen molar-refractivity contribution in [2.24, 2.45) is 9.98 Å². The van der Waals surface area contributed by atoms with Gasteiger partial charge in [0.2, 0.25) is 5.88 Å². The minimum absolute atomic E-state index is 0.262. The molecule has 0 radical (unpaired) electrons. The summed E-state index contributed by atoms with van der Waals surface area (Å²) in [7, 11) is 0. The van der Waals surface area contributed by atoms with Crippen molar-refractivity contribution in [2.75, 3.05) is 0 Å². The summed E-state index contributed by atoms with van der Waals surface area (Å²) < 4.78 is 1.93. The number of hydrogen-bond donors (Lipinski definition) is 1. The average Bonchev–Trinajstić information content (AvgIpc) is 3.40. The zero-order valence-electron chi connectivity index (χ0n) is 17.6. The van der Waals surface area contributed by atoms with Gasteiger partial charge in [-0.1, -0.05) is 65.9 Å². The summed E-state index contributed by atoms with van der Waals surface area (Å²) in [5.41, 5.74) is 3.27. The maximum atomic E-state index is 11.1. The predicted octanol–water partition coefficient (Wildman–Crippen LogP) is 4.55. The molecule has 0 saturated carbocycles. The van der Waals surface area contributed by atoms with Gasteiger partial charge < -0.3 is 5.11 Å². The summed E-state index contributed by atoms with van der Waals surface area (Å²) in [6.07, 6.45) is 7.70. The van der Waals surface area contributed by atoms with Crippen molar-refractivity contribution in [1.82, 2.24) is 4.57 Å². The van der Waals surface area contributed by atoms with Crippen LogP contribution in [0.25, 0.3) is 12.2 Å². The van der Waals surface area contributed by atoms with E-state index in [9.17, 15) is 5.11 Å². The van der Waals surface area contributed by atoms with Gasteiger partial charge in [-0.15, -0.1) is 0 Å². The first-order chi connectivity index (χ1) is 15.8. The maximum Gasteiger partial charge on any atom is 0.211 e. The Morgan fingerprint density at radius 2 is 1.75 bits per heavy atom. The molecule has 1 aliphatic rings. The molecule has 0 unspecified atom stereocenters. The van der Waals surface area contributed by atoms with Gasteiger partial charge in [-0.2, -0.15) is 0 Å². The molecule has 0 saturated heterocycles. The van der Waals surface area contributed by atoms with Crippen LogP contribution in [0, 0.1) is 0 Å². The predicted molar refractivity (Wildman–Crippen MR) is 130 cm³/mol. The van der Waals surface area contributed by atoms with Crippen LogP contribution in [0.1, 0.15) is 22.4 Å². The van der Waals surface area contributed by atoms with Crippen molar-refractivity contribution in [3.8, 4) is 5.88 Å². The van der Waals surface area contributed by atoms with Gasteiger partial charge in [0.25, 0.3) is 0 Å². The summed E-state index contributed by atoms with van der Waals surface area (Å²) in [5.74, 6) is 0.262. The van der Waals surface area contributed by atoms with Gasteiger partial charge in [0.1, 0.15) is 0 Å². The Morgan fingerprint density at radius 1 is 0.969 bits per heavy atom. The fraction of sp³-hybridized carbons (Fsp3) is 0.111. The van der Waals surface area contributed by atoms with E-state index in [0.29, 0.717) is 6.54 Å². The molecular formula is C27H23N3OS. The fourth-order valence-corrected chi connectivity index (χ4v) is 4.80. The van der Waals surface area contributed by atoms with Gasteiger partial charge in [0.15, 0.2) is 4.80 Å². The highest BCUT2D eigenvalue weighted by atomic mass is 32.1. The molecule has 0 spiro atoms. The quantitative estimate of drug-likeness (QED) is 0.473. The van der Waals surface area contributed by atoms with Crippen LogP contribution in [-0.4, -0.2) is 9.67 Å². The molecule has 4 aromatic rings. The van der Waals surface area contributed by atoms with Crippen LogP contribution in [0.4, 0.5) is 5.69 Å². The molecule has 1 aliphatic heterocycles. The van der Waals surface area contributed by atoms with Crippen molar-refractivity contribution in [1.29, 1.82) is 0 Å². The van der Waals surface area contributed by atoms with Gasteiger partial charge in [0, 0.05) is 18.3 Å². The normalized spacial score (nSPS) is 13.4. The second-order valence-corrected chi connectivity index (χ2v) is 8.68. The van der Waals surface area contributed by atoms with Gasteiger partial charge in [-0.3, -0.25) is 9.56 Å². The third-order valence-corrected chi connectivity index (χ3v) is 6.41. The van der Waals surface area contributed by atoms with Gasteiger partial charge in [0.05, 0.1) is 15.9 Å². The zero-order valence-corrected chi connectivity index (χ0v) is 18.4. The highest BCUT2D eigenvalue weighted by molar-refractivity contribution is 7.10. The molecule has 3 aromatic carbocycles. The van der Waals surface area contributed by atoms with E-state index < -0.39 is 0 Å². The zero-order chi connectivity index (χ0) is 21.8. The number of nitrogens with zero attached hydrogens (tertiary/aromatic N) is 3. The molecule has 0 atom stereocenters. The Morgan fingerprint density at radius 3 is 2.56 bits per heavy atom. The van der Waals surface area contributed by atoms with Gasteiger partial charge in [-0.05, 0) is 60.0 Å². The number of para-hydroxylation sites is 1. The van der Waals surface area contributed by atoms with Crippen LogP contribution < -0.4 is 15.4 Å². The lowest BCUT2D eigenvalue weighted by molar-refractivity contribution is 0.407. The highest BCUT2D eigenvalue weighted by Crippen LogP contribution is 2.23. The number of hydrogen-bond acceptors (Lipinski definition) is 4. The first-order valence-electron chi connectivity index (χ1n) is 10.7. The van der Waals surface area contributed by atoms with E-state index in [2.05, 4.69) is 35.3 Å². The molecule has 0 fully saturated rings. The molecule has 1 aromatic heterocycles. The summed E-state index contributed by atoms with van der Waals surface area (Å²) in [4.78, 5) is 10.8. The van der Waals surface area contributed by atoms with Crippen molar-refractivity contribution < 1.29 is 5.11 Å². The molecule has 0 bridgehead atoms. The first-order valence-corrected chi connectivity index (χ1v) is 11.5. The minimum Gasteiger partial charge on any atom is -0.493 e. The van der Waals surface area contributed by atoms with E-state index in [1.54, 1.807) is 0 Å². The fourth-order valence-electron chi connectivity index (χ4n) is 3.76. The van der Waals surface area contributed by atoms with Crippen molar-refractivity contribution >= 4 is 29.2 Å². The molecular weight excluding hydrogens is 414 g/mol. The number of aromatic nitrogens is 1. The molecule has 32 heavy (non-hydrogen) atoms. The largest absolute Gasteiger partial charge is 0.493 e. The number of aromatic hydroxyl groups is 1. The SMILES string of the molecule is Oc1c(/C=c2\ccc3c(c2)C=CN=3)sc(=Nc2ccccc2)n1CCCc1ccccc1. The Bertz CT molecular complexity index is 1450. The molecule has 158 valence electrons. The molecule has 0 aliphatic carbocycles. The third-order valence-electron chi connectivity index (χ3n) is 5.40. The van der Waals surface area contributed by atoms with Crippen molar-refractivity contribution in [3.05, 3.63) is 116 Å². The Labute approximate surface area is 190 Å². The highest BCUT2D eigenvalue weighted by Gasteiger charge is 2.11. The molecule has 0 amide bonds. The van der Waals surface area contributed by atoms with E-state index in [-0.39, 0.29) is 5.88 Å². The van der Waals surface area contributed by atoms with Crippen molar-refractivity contribution in [3.63, 3.8) is 0 Å². The van der Waals surface area contributed by atoms with E-state index >= 15 is 0 Å². The molecule has 2 heterocycles. The molecule has 1 N–H and O–H groups in total. The Balaban J connectivity index is 1.51. The smallest absolute Gasteiger partial charge is 0.211 e. The summed E-state index contributed by atoms with van der Waals surface area (Å²) in [6.45, 7) is 0.697. The average molecular weight is 438 g/mol. The maximum absolute atomic E-state index is 11.1. The number of aryl methyl sites for hydroxylation is 1. The Hall–Kier alpha value is -3.70. The first kappa shape index (κ1) is 20.2. The summed E-state index contributed by atoms with van der Waals surface area (Å²) >= 11 is 1.50. The van der Waals surface area contributed by atoms with Crippen LogP contribution in [0.15, 0.2) is 95.0 Å². The molecule has 5 heteroatoms. The Kier molecular flexibility index (Phi) is 5.81. The lowest BCUT2D eigenvalue weighted by Gasteiger charge is -2.06. The molecule has 5 rings (SSSR count). The number of rotatable bonds is 6. The number of fused-ring (bicyclic) bond motifs is 1. The second kappa shape index (κ2) is 9.20. The van der Waals surface area contributed by atoms with Crippen LogP contribution >= 0.6 is 11.3 Å². The summed E-state index contributed by atoms with van der Waals surface area (Å²) in [5, 5.41) is 13.1. The topological polar surface area (TPSA) is 49.9 Å². The van der Waals surface area contributed by atoms with E-state index in [1.165, 1.54) is 16.9 Å². The second-order valence-electron chi connectivity index (χ2n) is 7.67. The lowest BCUT2D eigenvalue weighted by Crippen LogP contribution is -2.14. The lowest BCUT2D eigenvalue weighted by atomic mass is 10.1. The monoisotopic (exact) mass is 437 g/mol. The summed E-state index contributed by atoms with van der Waals surface area (Å²) in [6, 6.07) is 26.5. The van der Waals surface area contributed by atoms with E-state index in [4.69, 9.17) is 4.99 Å². The van der Waals surface area contributed by atoms with Gasteiger partial charge >= 0.3 is 0 Å². The van der Waals surface area contributed by atoms with Crippen molar-refractivity contribution in [2.45, 2.75) is 19.4 Å². The van der Waals surface area contributed by atoms with Crippen LogP contribution in [-0.2, 0) is 13.0 Å². The van der Waals surface area contributed by atoms with Crippen LogP contribution in [0.3, 0.4) is 0 Å². The van der Waals surface area contributed by atoms with Crippen LogP contribution in [0.5, 0.6) is 5.88 Å². The number of benzene rings is 3. The van der Waals surface area contributed by atoms with Gasteiger partial charge in [-0.25, -0.2) is 4.99 Å². The minimum atomic E-state index is 0.262. The number of thiazole rings is 1. The van der Waals surface area contributed by atoms with E-state index in [1.807, 2.05) is 71.5 Å². The standard InChI is InChI=1S/C27H23N3OS/c31-26-25(19-21-13-14-24-22(18-21)15-16-28-24)32-27(29-23-11-5-2-6-12-23)30(26)17-7-10-20-8-3-1-4-9-20/h1-6,8-9,11-16,18-19,31H,7,10,17H2/b21-19+,29-27?. The van der Waals surface area contributed by atoms with E-state index in [0.717, 1.165) is 44.3 Å². The van der Waals surface area contributed by atoms with Crippen LogP contribution in [0.2, 0.25) is 0 Å². The third kappa shape index (κ3) is 4.48. The molecule has 4 nitrogen and oxygen atoms in total.